The van der Waals surface area contributed by atoms with Crippen LogP contribution in [0, 0.1) is 5.92 Å². The Morgan fingerprint density at radius 3 is 2.89 bits per heavy atom. The first-order valence-electron chi connectivity index (χ1n) is 6.57. The monoisotopic (exact) mass is 267 g/mol. The Bertz CT molecular complexity index is 460. The molecule has 1 saturated carbocycles. The summed E-state index contributed by atoms with van der Waals surface area (Å²) in [5.74, 6) is 0.198. The average Bonchev–Trinajstić information content (AvgIpc) is 2.53. The molecule has 2 unspecified atom stereocenters. The molecule has 1 N–H and O–H groups in total. The fourth-order valence-electron chi connectivity index (χ4n) is 2.57. The molecule has 1 aliphatic carbocycles. The van der Waals surface area contributed by atoms with E-state index in [9.17, 15) is 4.79 Å². The number of aromatic nitrogens is 3. The van der Waals surface area contributed by atoms with Crippen molar-refractivity contribution in [1.82, 2.24) is 14.8 Å². The van der Waals surface area contributed by atoms with Crippen LogP contribution in [0.25, 0.3) is 0 Å². The molecule has 0 radical (unpaired) electrons. The van der Waals surface area contributed by atoms with E-state index >= 15 is 0 Å². The van der Waals surface area contributed by atoms with Crippen LogP contribution in [0.3, 0.4) is 0 Å². The molecule has 0 aromatic carbocycles. The van der Waals surface area contributed by atoms with Crippen LogP contribution in [-0.4, -0.2) is 31.1 Å². The summed E-state index contributed by atoms with van der Waals surface area (Å²) < 4.78 is 2.19. The molecule has 18 heavy (non-hydrogen) atoms. The van der Waals surface area contributed by atoms with E-state index in [1.165, 1.54) is 19.3 Å². The topological polar surface area (TPSA) is 68.0 Å². The van der Waals surface area contributed by atoms with Crippen molar-refractivity contribution in [3.05, 3.63) is 5.82 Å². The molecule has 2 heterocycles. The summed E-state index contributed by atoms with van der Waals surface area (Å²) in [5.41, 5.74) is 0. The fourth-order valence-corrected chi connectivity index (χ4v) is 3.93. The second kappa shape index (κ2) is 4.91. The summed E-state index contributed by atoms with van der Waals surface area (Å²) in [6, 6.07) is 0. The third-order valence-electron chi connectivity index (χ3n) is 3.86. The predicted octanol–water partition coefficient (Wildman–Crippen LogP) is 1.96. The lowest BCUT2D eigenvalue weighted by Crippen LogP contribution is -2.35. The van der Waals surface area contributed by atoms with Crippen molar-refractivity contribution in [2.24, 2.45) is 5.92 Å². The number of aryl methyl sites for hydroxylation is 1. The Morgan fingerprint density at radius 2 is 2.17 bits per heavy atom. The van der Waals surface area contributed by atoms with Gasteiger partial charge >= 0.3 is 5.97 Å². The van der Waals surface area contributed by atoms with Crippen molar-refractivity contribution < 1.29 is 9.90 Å². The van der Waals surface area contributed by atoms with Crippen molar-refractivity contribution in [3.63, 3.8) is 0 Å². The van der Waals surface area contributed by atoms with Crippen LogP contribution in [0.5, 0.6) is 0 Å². The lowest BCUT2D eigenvalue weighted by Gasteiger charge is -2.32. The molecule has 0 spiro atoms. The zero-order valence-electron chi connectivity index (χ0n) is 10.2. The number of hydrogen-bond acceptors (Lipinski definition) is 4. The number of carboxylic acids is 1. The Labute approximate surface area is 110 Å². The van der Waals surface area contributed by atoms with E-state index < -0.39 is 5.97 Å². The third-order valence-corrected chi connectivity index (χ3v) is 5.24. The van der Waals surface area contributed by atoms with E-state index in [0.717, 1.165) is 36.8 Å². The normalized spacial score (nSPS) is 27.1. The van der Waals surface area contributed by atoms with Crippen molar-refractivity contribution in [2.45, 2.75) is 55.5 Å². The average molecular weight is 267 g/mol. The number of fused-ring (bicyclic) bond motifs is 1. The number of rotatable bonds is 3. The van der Waals surface area contributed by atoms with Gasteiger partial charge in [-0.15, -0.1) is 10.2 Å². The number of carbonyl (C=O) groups is 1. The van der Waals surface area contributed by atoms with Gasteiger partial charge in [0.1, 0.15) is 5.82 Å². The maximum absolute atomic E-state index is 11.0. The van der Waals surface area contributed by atoms with Gasteiger partial charge in [0, 0.05) is 18.2 Å². The number of carboxylic acid groups (broad SMARTS) is 1. The zero-order chi connectivity index (χ0) is 12.5. The SMILES string of the molecule is O=C(O)C1CCC1Sc1nnc2n1CCCCC2. The highest BCUT2D eigenvalue weighted by Crippen LogP contribution is 2.41. The quantitative estimate of drug-likeness (QED) is 0.906. The number of aliphatic carboxylic acids is 1. The molecule has 1 aliphatic heterocycles. The lowest BCUT2D eigenvalue weighted by atomic mass is 9.85. The van der Waals surface area contributed by atoms with Crippen LogP contribution >= 0.6 is 11.8 Å². The largest absolute Gasteiger partial charge is 0.481 e. The maximum atomic E-state index is 11.0. The summed E-state index contributed by atoms with van der Waals surface area (Å²) in [5, 5.41) is 18.6. The summed E-state index contributed by atoms with van der Waals surface area (Å²) in [4.78, 5) is 11.0. The number of hydrogen-bond donors (Lipinski definition) is 1. The molecule has 2 atom stereocenters. The molecule has 1 fully saturated rings. The molecule has 2 aliphatic rings. The molecule has 1 aromatic rings. The summed E-state index contributed by atoms with van der Waals surface area (Å²) in [7, 11) is 0. The first-order chi connectivity index (χ1) is 8.75. The zero-order valence-corrected chi connectivity index (χ0v) is 11.0. The van der Waals surface area contributed by atoms with Gasteiger partial charge in [0.25, 0.3) is 0 Å². The molecular weight excluding hydrogens is 250 g/mol. The molecule has 0 saturated heterocycles. The van der Waals surface area contributed by atoms with Crippen LogP contribution in [0.1, 0.15) is 37.9 Å². The van der Waals surface area contributed by atoms with Gasteiger partial charge in [0.05, 0.1) is 5.92 Å². The summed E-state index contributed by atoms with van der Waals surface area (Å²) >= 11 is 1.61. The van der Waals surface area contributed by atoms with Gasteiger partial charge in [-0.25, -0.2) is 0 Å². The first kappa shape index (κ1) is 12.0. The highest BCUT2D eigenvalue weighted by molar-refractivity contribution is 7.99. The Balaban J connectivity index is 1.73. The fraction of sp³-hybridized carbons (Fsp3) is 0.750. The molecule has 0 amide bonds. The van der Waals surface area contributed by atoms with Gasteiger partial charge in [-0.2, -0.15) is 0 Å². The van der Waals surface area contributed by atoms with Crippen LogP contribution in [0.15, 0.2) is 5.16 Å². The van der Waals surface area contributed by atoms with Gasteiger partial charge < -0.3 is 9.67 Å². The number of thioether (sulfide) groups is 1. The van der Waals surface area contributed by atoms with Gasteiger partial charge in [-0.1, -0.05) is 18.2 Å². The van der Waals surface area contributed by atoms with E-state index in [4.69, 9.17) is 5.11 Å². The minimum absolute atomic E-state index is 0.180. The Hall–Kier alpha value is -1.04. The Kier molecular flexibility index (Phi) is 3.28. The van der Waals surface area contributed by atoms with E-state index in [-0.39, 0.29) is 11.2 Å². The van der Waals surface area contributed by atoms with Gasteiger partial charge in [0.15, 0.2) is 5.16 Å². The molecule has 98 valence electrons. The summed E-state index contributed by atoms with van der Waals surface area (Å²) in [6.45, 7) is 0.981. The van der Waals surface area contributed by atoms with Crippen molar-refractivity contribution in [3.8, 4) is 0 Å². The molecule has 1 aromatic heterocycles. The highest BCUT2D eigenvalue weighted by Gasteiger charge is 2.38. The predicted molar refractivity (Wildman–Crippen MR) is 67.6 cm³/mol. The van der Waals surface area contributed by atoms with Gasteiger partial charge in [-0.05, 0) is 25.7 Å². The smallest absolute Gasteiger partial charge is 0.307 e. The van der Waals surface area contributed by atoms with Crippen LogP contribution in [0.2, 0.25) is 0 Å². The first-order valence-corrected chi connectivity index (χ1v) is 7.45. The van der Waals surface area contributed by atoms with E-state index in [1.807, 2.05) is 0 Å². The van der Waals surface area contributed by atoms with Crippen LogP contribution < -0.4 is 0 Å². The second-order valence-electron chi connectivity index (χ2n) is 5.04. The molecule has 0 bridgehead atoms. The second-order valence-corrected chi connectivity index (χ2v) is 6.25. The minimum Gasteiger partial charge on any atom is -0.481 e. The van der Waals surface area contributed by atoms with E-state index in [1.54, 1.807) is 11.8 Å². The lowest BCUT2D eigenvalue weighted by molar-refractivity contribution is -0.144. The van der Waals surface area contributed by atoms with Crippen LogP contribution in [0.4, 0.5) is 0 Å². The van der Waals surface area contributed by atoms with Crippen molar-refractivity contribution >= 4 is 17.7 Å². The third kappa shape index (κ3) is 2.13. The minimum atomic E-state index is -0.672. The summed E-state index contributed by atoms with van der Waals surface area (Å²) in [6.07, 6.45) is 6.38. The Morgan fingerprint density at radius 1 is 1.28 bits per heavy atom. The van der Waals surface area contributed by atoms with Gasteiger partial charge in [-0.3, -0.25) is 4.79 Å². The molecular formula is C12H17N3O2S. The highest BCUT2D eigenvalue weighted by atomic mass is 32.2. The maximum Gasteiger partial charge on any atom is 0.307 e. The molecule has 3 rings (SSSR count). The van der Waals surface area contributed by atoms with Gasteiger partial charge in [0.2, 0.25) is 0 Å². The van der Waals surface area contributed by atoms with Crippen LogP contribution in [-0.2, 0) is 17.8 Å². The van der Waals surface area contributed by atoms with Crippen molar-refractivity contribution in [2.75, 3.05) is 0 Å². The number of nitrogens with zero attached hydrogens (tertiary/aromatic N) is 3. The van der Waals surface area contributed by atoms with Crippen molar-refractivity contribution in [1.29, 1.82) is 0 Å². The van der Waals surface area contributed by atoms with E-state index in [2.05, 4.69) is 14.8 Å². The standard InChI is InChI=1S/C12H17N3O2S/c16-11(17)8-5-6-9(8)18-12-14-13-10-4-2-1-3-7-15(10)12/h8-9H,1-7H2,(H,16,17). The molecule has 6 heteroatoms. The van der Waals surface area contributed by atoms with E-state index in [0.29, 0.717) is 0 Å². The molecule has 5 nitrogen and oxygen atoms in total.